The fraction of sp³-hybridized carbons (Fsp3) is 0.455. The van der Waals surface area contributed by atoms with Gasteiger partial charge < -0.3 is 4.74 Å². The molecule has 0 aliphatic rings. The molecule has 0 aliphatic heterocycles. The summed E-state index contributed by atoms with van der Waals surface area (Å²) >= 11 is 0. The van der Waals surface area contributed by atoms with Gasteiger partial charge in [-0.05, 0) is 31.2 Å². The number of rotatable bonds is 7. The van der Waals surface area contributed by atoms with Crippen LogP contribution in [-0.2, 0) is 23.8 Å². The number of hydrogen-bond acceptors (Lipinski definition) is 5. The Balaban J connectivity index is 2.93. The van der Waals surface area contributed by atoms with Crippen molar-refractivity contribution in [2.75, 3.05) is 26.8 Å². The maximum absolute atomic E-state index is 12.2. The van der Waals surface area contributed by atoms with Crippen molar-refractivity contribution in [2.45, 2.75) is 16.7 Å². The molecule has 0 fully saturated rings. The Morgan fingerprint density at radius 1 is 1.10 bits per heavy atom. The molecule has 0 heterocycles. The van der Waals surface area contributed by atoms with Crippen LogP contribution in [0.15, 0.2) is 34.1 Å². The molecule has 1 aromatic carbocycles. The second kappa shape index (κ2) is 6.86. The fourth-order valence-electron chi connectivity index (χ4n) is 1.41. The Kier molecular flexibility index (Phi) is 5.96. The standard InChI is InChI=1S/C11H16ClNO5S2/c1-3-18-9-8-13(2)20(16,17)11-6-4-10(5-7-11)19(12,14)15/h4-7H,3,8-9H2,1-2H3. The SMILES string of the molecule is CCOCCN(C)S(=O)(=O)c1ccc(S(=O)(=O)Cl)cc1. The van der Waals surface area contributed by atoms with Crippen LogP contribution in [-0.4, -0.2) is 47.9 Å². The summed E-state index contributed by atoms with van der Waals surface area (Å²) in [5, 5.41) is 0. The monoisotopic (exact) mass is 341 g/mol. The van der Waals surface area contributed by atoms with Crippen molar-refractivity contribution in [2.24, 2.45) is 0 Å². The minimum atomic E-state index is -3.86. The van der Waals surface area contributed by atoms with Crippen LogP contribution in [0.25, 0.3) is 0 Å². The summed E-state index contributed by atoms with van der Waals surface area (Å²) in [5.41, 5.74) is 0. The van der Waals surface area contributed by atoms with Crippen molar-refractivity contribution < 1.29 is 21.6 Å². The van der Waals surface area contributed by atoms with Gasteiger partial charge in [0.2, 0.25) is 10.0 Å². The third kappa shape index (κ3) is 4.42. The van der Waals surface area contributed by atoms with E-state index in [9.17, 15) is 16.8 Å². The highest BCUT2D eigenvalue weighted by Crippen LogP contribution is 2.19. The Labute approximate surface area is 123 Å². The Bertz CT molecular complexity index is 640. The van der Waals surface area contributed by atoms with Gasteiger partial charge in [0.1, 0.15) is 0 Å². The third-order valence-electron chi connectivity index (χ3n) is 2.57. The van der Waals surface area contributed by atoms with Gasteiger partial charge in [0, 0.05) is 30.9 Å². The lowest BCUT2D eigenvalue weighted by atomic mass is 10.4. The van der Waals surface area contributed by atoms with Crippen molar-refractivity contribution in [3.05, 3.63) is 24.3 Å². The van der Waals surface area contributed by atoms with Gasteiger partial charge in [-0.3, -0.25) is 0 Å². The molecular weight excluding hydrogens is 326 g/mol. The molecule has 0 saturated heterocycles. The number of nitrogens with zero attached hydrogens (tertiary/aromatic N) is 1. The first kappa shape index (κ1) is 17.4. The number of halogens is 1. The van der Waals surface area contributed by atoms with Crippen LogP contribution in [0.3, 0.4) is 0 Å². The Morgan fingerprint density at radius 2 is 1.60 bits per heavy atom. The summed E-state index contributed by atoms with van der Waals surface area (Å²) in [7, 11) is -0.926. The van der Waals surface area contributed by atoms with E-state index in [1.54, 1.807) is 0 Å². The Morgan fingerprint density at radius 3 is 2.05 bits per heavy atom. The minimum absolute atomic E-state index is 0.000523. The molecule has 0 radical (unpaired) electrons. The number of hydrogen-bond donors (Lipinski definition) is 0. The molecule has 0 aromatic heterocycles. The number of ether oxygens (including phenoxy) is 1. The van der Waals surface area contributed by atoms with E-state index >= 15 is 0 Å². The van der Waals surface area contributed by atoms with Crippen molar-refractivity contribution in [1.82, 2.24) is 4.31 Å². The van der Waals surface area contributed by atoms with E-state index in [1.807, 2.05) is 6.92 Å². The molecule has 20 heavy (non-hydrogen) atoms. The highest BCUT2D eigenvalue weighted by molar-refractivity contribution is 8.13. The van der Waals surface area contributed by atoms with Crippen LogP contribution in [0.2, 0.25) is 0 Å². The normalized spacial score (nSPS) is 12.8. The van der Waals surface area contributed by atoms with Crippen LogP contribution >= 0.6 is 10.7 Å². The first-order valence-electron chi connectivity index (χ1n) is 5.78. The van der Waals surface area contributed by atoms with Crippen molar-refractivity contribution in [3.8, 4) is 0 Å². The van der Waals surface area contributed by atoms with Gasteiger partial charge >= 0.3 is 0 Å². The molecule has 1 rings (SSSR count). The van der Waals surface area contributed by atoms with Gasteiger partial charge in [0.15, 0.2) is 0 Å². The topological polar surface area (TPSA) is 80.8 Å². The zero-order valence-corrected chi connectivity index (χ0v) is 13.5. The molecule has 0 N–H and O–H groups in total. The maximum atomic E-state index is 12.2. The maximum Gasteiger partial charge on any atom is 0.261 e. The number of likely N-dealkylation sites (N-methyl/N-ethyl adjacent to an activating group) is 1. The van der Waals surface area contributed by atoms with Crippen LogP contribution in [0, 0.1) is 0 Å². The van der Waals surface area contributed by atoms with Crippen molar-refractivity contribution >= 4 is 29.8 Å². The number of benzene rings is 1. The van der Waals surface area contributed by atoms with E-state index < -0.39 is 19.1 Å². The lowest BCUT2D eigenvalue weighted by molar-refractivity contribution is 0.138. The zero-order chi connectivity index (χ0) is 15.4. The highest BCUT2D eigenvalue weighted by atomic mass is 35.7. The first-order chi connectivity index (χ1) is 9.19. The molecule has 0 atom stereocenters. The van der Waals surface area contributed by atoms with Crippen LogP contribution < -0.4 is 0 Å². The van der Waals surface area contributed by atoms with Gasteiger partial charge in [-0.1, -0.05) is 0 Å². The van der Waals surface area contributed by atoms with Gasteiger partial charge in [0.05, 0.1) is 16.4 Å². The average Bonchev–Trinajstić information content (AvgIpc) is 2.38. The predicted molar refractivity (Wildman–Crippen MR) is 75.8 cm³/mol. The van der Waals surface area contributed by atoms with E-state index in [0.29, 0.717) is 13.2 Å². The molecular formula is C11H16ClNO5S2. The molecule has 0 spiro atoms. The highest BCUT2D eigenvalue weighted by Gasteiger charge is 2.21. The minimum Gasteiger partial charge on any atom is -0.380 e. The first-order valence-corrected chi connectivity index (χ1v) is 9.53. The van der Waals surface area contributed by atoms with Gasteiger partial charge in [-0.25, -0.2) is 16.8 Å². The summed E-state index contributed by atoms with van der Waals surface area (Å²) in [6.45, 7) is 2.84. The largest absolute Gasteiger partial charge is 0.380 e. The van der Waals surface area contributed by atoms with Gasteiger partial charge in [-0.15, -0.1) is 0 Å². The molecule has 0 amide bonds. The van der Waals surface area contributed by atoms with E-state index in [4.69, 9.17) is 15.4 Å². The van der Waals surface area contributed by atoms with E-state index in [2.05, 4.69) is 0 Å². The Hall–Kier alpha value is -0.670. The van der Waals surface area contributed by atoms with Crippen molar-refractivity contribution in [1.29, 1.82) is 0 Å². The van der Waals surface area contributed by atoms with E-state index in [-0.39, 0.29) is 16.3 Å². The lowest BCUT2D eigenvalue weighted by Gasteiger charge is -2.17. The summed E-state index contributed by atoms with van der Waals surface area (Å²) in [5.74, 6) is 0. The summed E-state index contributed by atoms with van der Waals surface area (Å²) in [6.07, 6.45) is 0. The lowest BCUT2D eigenvalue weighted by Crippen LogP contribution is -2.30. The summed E-state index contributed by atoms with van der Waals surface area (Å²) in [6, 6.07) is 4.74. The molecule has 0 aliphatic carbocycles. The summed E-state index contributed by atoms with van der Waals surface area (Å²) in [4.78, 5) is -0.143. The van der Waals surface area contributed by atoms with Crippen LogP contribution in [0.5, 0.6) is 0 Å². The van der Waals surface area contributed by atoms with Crippen LogP contribution in [0.4, 0.5) is 0 Å². The van der Waals surface area contributed by atoms with Crippen LogP contribution in [0.1, 0.15) is 6.92 Å². The predicted octanol–water partition coefficient (Wildman–Crippen LogP) is 1.27. The van der Waals surface area contributed by atoms with Gasteiger partial charge in [0.25, 0.3) is 9.05 Å². The number of sulfonamides is 1. The average molecular weight is 342 g/mol. The molecule has 9 heteroatoms. The molecule has 114 valence electrons. The molecule has 0 saturated carbocycles. The fourth-order valence-corrected chi connectivity index (χ4v) is 3.34. The quantitative estimate of drug-likeness (QED) is 0.551. The second-order valence-electron chi connectivity index (χ2n) is 3.93. The van der Waals surface area contributed by atoms with E-state index in [0.717, 1.165) is 16.4 Å². The second-order valence-corrected chi connectivity index (χ2v) is 8.54. The molecule has 1 aromatic rings. The molecule has 0 unspecified atom stereocenters. The third-order valence-corrected chi connectivity index (χ3v) is 5.81. The smallest absolute Gasteiger partial charge is 0.261 e. The molecule has 6 nitrogen and oxygen atoms in total. The zero-order valence-electron chi connectivity index (χ0n) is 11.1. The van der Waals surface area contributed by atoms with E-state index in [1.165, 1.54) is 19.2 Å². The molecule has 0 bridgehead atoms. The van der Waals surface area contributed by atoms with Gasteiger partial charge in [-0.2, -0.15) is 4.31 Å². The summed E-state index contributed by atoms with van der Waals surface area (Å²) < 4.78 is 52.8. The van der Waals surface area contributed by atoms with Crippen molar-refractivity contribution in [3.63, 3.8) is 0 Å².